The van der Waals surface area contributed by atoms with E-state index in [-0.39, 0.29) is 46.4 Å². The monoisotopic (exact) mass is 712 g/mol. The van der Waals surface area contributed by atoms with Gasteiger partial charge in [-0.15, -0.1) is 0 Å². The smallest absolute Gasteiger partial charge is 0.264 e. The predicted octanol–water partition coefficient (Wildman–Crippen LogP) is 7.33. The van der Waals surface area contributed by atoms with Gasteiger partial charge in [0.15, 0.2) is 5.75 Å². The van der Waals surface area contributed by atoms with Gasteiger partial charge in [0, 0.05) is 29.7 Å². The van der Waals surface area contributed by atoms with Crippen molar-refractivity contribution in [2.24, 2.45) is 5.92 Å². The van der Waals surface area contributed by atoms with Gasteiger partial charge in [0.1, 0.15) is 11.9 Å². The molecule has 1 amide bonds. The molecule has 6 bridgehead atoms. The van der Waals surface area contributed by atoms with Crippen molar-refractivity contribution in [2.45, 2.75) is 116 Å². The van der Waals surface area contributed by atoms with Gasteiger partial charge >= 0.3 is 0 Å². The molecule has 1 saturated heterocycles. The summed E-state index contributed by atoms with van der Waals surface area (Å²) in [5.74, 6) is 1.58. The lowest BCUT2D eigenvalue weighted by molar-refractivity contribution is 0.0297. The fourth-order valence-corrected chi connectivity index (χ4v) is 8.19. The largest absolute Gasteiger partial charge is 0.488 e. The van der Waals surface area contributed by atoms with Crippen LogP contribution in [0.15, 0.2) is 65.8 Å². The summed E-state index contributed by atoms with van der Waals surface area (Å²) in [7, 11) is -4.18. The van der Waals surface area contributed by atoms with Gasteiger partial charge in [-0.2, -0.15) is 4.98 Å². The molecule has 0 saturated carbocycles. The van der Waals surface area contributed by atoms with Crippen molar-refractivity contribution < 1.29 is 22.7 Å². The number of fused-ring (bicyclic) bond motifs is 6. The molecule has 4 aromatic rings. The Labute approximate surface area is 301 Å². The van der Waals surface area contributed by atoms with E-state index in [1.54, 1.807) is 30.6 Å². The lowest BCUT2D eigenvalue weighted by Gasteiger charge is -2.39. The zero-order chi connectivity index (χ0) is 36.3. The van der Waals surface area contributed by atoms with Crippen LogP contribution in [0.25, 0.3) is 11.3 Å². The van der Waals surface area contributed by atoms with Crippen molar-refractivity contribution >= 4 is 21.9 Å². The maximum absolute atomic E-state index is 14.8. The van der Waals surface area contributed by atoms with Gasteiger partial charge in [0.2, 0.25) is 11.8 Å². The van der Waals surface area contributed by atoms with E-state index in [0.717, 1.165) is 36.0 Å². The Morgan fingerprint density at radius 2 is 1.71 bits per heavy atom. The molecule has 11 nitrogen and oxygen atoms in total. The summed E-state index contributed by atoms with van der Waals surface area (Å²) in [5.41, 5.74) is 3.70. The number of nitrogens with one attached hydrogen (secondary N) is 1. The molecule has 0 spiro atoms. The highest BCUT2D eigenvalue weighted by Crippen LogP contribution is 2.35. The quantitative estimate of drug-likeness (QED) is 0.189. The molecule has 2 aromatic carbocycles. The van der Waals surface area contributed by atoms with Crippen molar-refractivity contribution in [1.82, 2.24) is 24.8 Å². The molecule has 2 aromatic heterocycles. The van der Waals surface area contributed by atoms with Crippen LogP contribution in [0.4, 0.5) is 5.95 Å². The topological polar surface area (TPSA) is 136 Å². The van der Waals surface area contributed by atoms with Gasteiger partial charge in [0.05, 0.1) is 35.1 Å². The highest BCUT2D eigenvalue weighted by atomic mass is 32.2. The molecule has 3 atom stereocenters. The Bertz CT molecular complexity index is 1950. The summed E-state index contributed by atoms with van der Waals surface area (Å²) < 4.78 is 42.8. The Morgan fingerprint density at radius 3 is 2.41 bits per heavy atom. The summed E-state index contributed by atoms with van der Waals surface area (Å²) in [4.78, 5) is 35.2. The van der Waals surface area contributed by atoms with Crippen molar-refractivity contribution in [1.29, 1.82) is 0 Å². The zero-order valence-corrected chi connectivity index (χ0v) is 31.1. The Hall–Kier alpha value is -4.58. The lowest BCUT2D eigenvalue weighted by Crippen LogP contribution is -2.53. The second-order valence-corrected chi connectivity index (χ2v) is 16.0. The number of hydrogen-bond donors (Lipinski definition) is 1. The van der Waals surface area contributed by atoms with E-state index in [1.165, 1.54) is 12.1 Å². The number of amides is 1. The summed E-state index contributed by atoms with van der Waals surface area (Å²) in [6, 6.07) is 13.4. The molecule has 0 aliphatic carbocycles. The van der Waals surface area contributed by atoms with Crippen LogP contribution < -0.4 is 14.2 Å². The molecule has 4 heterocycles. The van der Waals surface area contributed by atoms with E-state index >= 15 is 0 Å². The zero-order valence-electron chi connectivity index (χ0n) is 30.3. The minimum absolute atomic E-state index is 0.00782. The molecule has 270 valence electrons. The molecule has 2 aliphatic heterocycles. The van der Waals surface area contributed by atoms with Gasteiger partial charge in [-0.05, 0) is 88.6 Å². The van der Waals surface area contributed by atoms with Gasteiger partial charge < -0.3 is 14.4 Å². The highest BCUT2D eigenvalue weighted by molar-refractivity contribution is 7.92. The average molecular weight is 713 g/mol. The van der Waals surface area contributed by atoms with Gasteiger partial charge in [-0.1, -0.05) is 51.0 Å². The van der Waals surface area contributed by atoms with Crippen LogP contribution in [-0.4, -0.2) is 63.5 Å². The third-order valence-electron chi connectivity index (χ3n) is 9.52. The van der Waals surface area contributed by atoms with Crippen LogP contribution in [0.5, 0.6) is 11.6 Å². The molecular formula is C39H48N6O5S. The van der Waals surface area contributed by atoms with Crippen LogP contribution >= 0.6 is 0 Å². The standard InChI is InChI=1S/C39H48N6O5S/c1-24(2)11-7-17-33-34-18-10-15-29(20-35-40-22-30(23-41-35)49-25(3)4)45(33)38(46)28-14-9-16-31(19-28)51(47,48)44-39-42-32(21-36(43-39)50-34)37-26(5)12-8-13-27(37)6/h8-9,12-14,16,19,21-25,29,33-34H,7,10-11,15,17-18,20H2,1-6H3,(H,42,43,44). The summed E-state index contributed by atoms with van der Waals surface area (Å²) >= 11 is 0. The number of carbonyl (C=O) groups is 1. The van der Waals surface area contributed by atoms with Crippen molar-refractivity contribution in [3.05, 3.63) is 83.4 Å². The van der Waals surface area contributed by atoms with E-state index in [0.29, 0.717) is 48.9 Å². The number of hydrogen-bond acceptors (Lipinski definition) is 9. The molecule has 6 rings (SSSR count). The van der Waals surface area contributed by atoms with Gasteiger partial charge in [-0.25, -0.2) is 28.1 Å². The van der Waals surface area contributed by atoms with E-state index in [2.05, 4.69) is 38.5 Å². The van der Waals surface area contributed by atoms with Gasteiger partial charge in [-0.3, -0.25) is 4.79 Å². The fourth-order valence-electron chi connectivity index (χ4n) is 7.20. The summed E-state index contributed by atoms with van der Waals surface area (Å²) in [6.45, 7) is 12.3. The Kier molecular flexibility index (Phi) is 10.9. The first-order valence-corrected chi connectivity index (χ1v) is 19.4. The first-order chi connectivity index (χ1) is 24.4. The highest BCUT2D eigenvalue weighted by Gasteiger charge is 2.40. The lowest BCUT2D eigenvalue weighted by atomic mass is 9.96. The first kappa shape index (κ1) is 36.2. The molecular weight excluding hydrogens is 665 g/mol. The third kappa shape index (κ3) is 8.49. The minimum Gasteiger partial charge on any atom is -0.488 e. The number of rotatable bonds is 9. The molecule has 12 heteroatoms. The molecule has 51 heavy (non-hydrogen) atoms. The maximum atomic E-state index is 14.8. The molecule has 1 fully saturated rings. The average Bonchev–Trinajstić information content (AvgIpc) is 3.23. The second-order valence-electron chi connectivity index (χ2n) is 14.4. The third-order valence-corrected chi connectivity index (χ3v) is 10.8. The Morgan fingerprint density at radius 1 is 0.980 bits per heavy atom. The van der Waals surface area contributed by atoms with E-state index in [1.807, 2.05) is 50.8 Å². The van der Waals surface area contributed by atoms with E-state index < -0.39 is 16.1 Å². The van der Waals surface area contributed by atoms with Crippen LogP contribution in [0.2, 0.25) is 0 Å². The van der Waals surface area contributed by atoms with E-state index in [9.17, 15) is 13.2 Å². The first-order valence-electron chi connectivity index (χ1n) is 17.9. The van der Waals surface area contributed by atoms with Crippen molar-refractivity contribution in [3.8, 4) is 22.9 Å². The molecule has 2 aliphatic rings. The second kappa shape index (κ2) is 15.3. The number of sulfonamides is 1. The fraction of sp³-hybridized carbons (Fsp3) is 0.462. The SMILES string of the molecule is Cc1cccc(C)c1-c1cc2nc(n1)NS(=O)(=O)c1cccc(c1)C(=O)N1C(Cc3ncc(OC(C)C)cn3)CCCC(O2)C1CCCC(C)C. The number of carbonyl (C=O) groups excluding carboxylic acids is 1. The van der Waals surface area contributed by atoms with Crippen molar-refractivity contribution in [2.75, 3.05) is 4.72 Å². The number of aryl methyl sites for hydroxylation is 2. The van der Waals surface area contributed by atoms with Gasteiger partial charge in [0.25, 0.3) is 15.9 Å². The van der Waals surface area contributed by atoms with Crippen LogP contribution in [0.1, 0.15) is 93.5 Å². The van der Waals surface area contributed by atoms with E-state index in [4.69, 9.17) is 9.47 Å². The van der Waals surface area contributed by atoms with Crippen LogP contribution in [0, 0.1) is 19.8 Å². The Balaban J connectivity index is 1.49. The number of nitrogens with zero attached hydrogens (tertiary/aromatic N) is 5. The molecule has 1 N–H and O–H groups in total. The van der Waals surface area contributed by atoms with Crippen LogP contribution in [0.3, 0.4) is 0 Å². The minimum atomic E-state index is -4.18. The summed E-state index contributed by atoms with van der Waals surface area (Å²) in [6.07, 6.45) is 8.10. The molecule has 0 radical (unpaired) electrons. The molecule has 3 unspecified atom stereocenters. The normalized spacial score (nSPS) is 20.0. The number of aromatic nitrogens is 4. The maximum Gasteiger partial charge on any atom is 0.264 e. The number of anilines is 1. The number of ether oxygens (including phenoxy) is 2. The van der Waals surface area contributed by atoms with Crippen LogP contribution in [-0.2, 0) is 16.4 Å². The predicted molar refractivity (Wildman–Crippen MR) is 196 cm³/mol. The summed E-state index contributed by atoms with van der Waals surface area (Å²) in [5, 5.41) is 0. The van der Waals surface area contributed by atoms with Crippen molar-refractivity contribution in [3.63, 3.8) is 0 Å². The number of benzene rings is 2.